The van der Waals surface area contributed by atoms with Gasteiger partial charge >= 0.3 is 5.97 Å². The SMILES string of the molecule is CCOC(=O)c1nc(CCc2ccc(C)cc2)oc1N. The minimum atomic E-state index is -0.546. The van der Waals surface area contributed by atoms with E-state index in [0.29, 0.717) is 12.3 Å². The van der Waals surface area contributed by atoms with Crippen LogP contribution in [-0.2, 0) is 17.6 Å². The van der Waals surface area contributed by atoms with Crippen LogP contribution in [0, 0.1) is 6.92 Å². The molecule has 1 heterocycles. The number of anilines is 1. The number of nitrogens with two attached hydrogens (primary N) is 1. The Morgan fingerprint density at radius 1 is 1.30 bits per heavy atom. The van der Waals surface area contributed by atoms with E-state index < -0.39 is 5.97 Å². The average molecular weight is 274 g/mol. The number of carbonyl (C=O) groups excluding carboxylic acids is 1. The van der Waals surface area contributed by atoms with Gasteiger partial charge in [0.05, 0.1) is 6.61 Å². The largest absolute Gasteiger partial charge is 0.461 e. The topological polar surface area (TPSA) is 78.3 Å². The molecular weight excluding hydrogens is 256 g/mol. The second-order valence-electron chi connectivity index (χ2n) is 4.53. The van der Waals surface area contributed by atoms with Gasteiger partial charge in [-0.2, -0.15) is 0 Å². The van der Waals surface area contributed by atoms with Crippen LogP contribution in [0.25, 0.3) is 0 Å². The summed E-state index contributed by atoms with van der Waals surface area (Å²) in [7, 11) is 0. The second-order valence-corrected chi connectivity index (χ2v) is 4.53. The molecule has 20 heavy (non-hydrogen) atoms. The number of benzene rings is 1. The average Bonchev–Trinajstić information content (AvgIpc) is 2.80. The Balaban J connectivity index is 2.01. The lowest BCUT2D eigenvalue weighted by atomic mass is 10.1. The molecule has 0 aliphatic rings. The van der Waals surface area contributed by atoms with Crippen LogP contribution >= 0.6 is 0 Å². The van der Waals surface area contributed by atoms with Crippen molar-refractivity contribution in [2.45, 2.75) is 26.7 Å². The van der Waals surface area contributed by atoms with Gasteiger partial charge in [0.25, 0.3) is 0 Å². The van der Waals surface area contributed by atoms with Crippen LogP contribution < -0.4 is 5.73 Å². The summed E-state index contributed by atoms with van der Waals surface area (Å²) in [4.78, 5) is 15.7. The highest BCUT2D eigenvalue weighted by Gasteiger charge is 2.18. The molecule has 0 aliphatic heterocycles. The fourth-order valence-electron chi connectivity index (χ4n) is 1.84. The molecule has 0 atom stereocenters. The van der Waals surface area contributed by atoms with E-state index in [-0.39, 0.29) is 18.2 Å². The Bertz CT molecular complexity index is 588. The zero-order valence-corrected chi connectivity index (χ0v) is 11.7. The van der Waals surface area contributed by atoms with Crippen LogP contribution in [0.1, 0.15) is 34.4 Å². The van der Waals surface area contributed by atoms with E-state index in [9.17, 15) is 4.79 Å². The van der Waals surface area contributed by atoms with Crippen molar-refractivity contribution in [3.63, 3.8) is 0 Å². The Hall–Kier alpha value is -2.30. The summed E-state index contributed by atoms with van der Waals surface area (Å²) in [5.41, 5.74) is 8.10. The molecule has 2 N–H and O–H groups in total. The van der Waals surface area contributed by atoms with E-state index >= 15 is 0 Å². The number of hydrogen-bond acceptors (Lipinski definition) is 5. The standard InChI is InChI=1S/C15H18N2O3/c1-3-19-15(18)13-14(16)20-12(17-13)9-8-11-6-4-10(2)5-7-11/h4-7H,3,8-9,16H2,1-2H3. The van der Waals surface area contributed by atoms with Gasteiger partial charge in [-0.25, -0.2) is 9.78 Å². The van der Waals surface area contributed by atoms with Gasteiger partial charge in [0.15, 0.2) is 5.89 Å². The first-order chi connectivity index (χ1) is 9.60. The van der Waals surface area contributed by atoms with E-state index in [1.807, 2.05) is 6.92 Å². The molecular formula is C15H18N2O3. The lowest BCUT2D eigenvalue weighted by molar-refractivity contribution is 0.0521. The lowest BCUT2D eigenvalue weighted by Crippen LogP contribution is -2.07. The van der Waals surface area contributed by atoms with Gasteiger partial charge in [0.2, 0.25) is 11.6 Å². The number of hydrogen-bond donors (Lipinski definition) is 1. The molecule has 1 aromatic heterocycles. The smallest absolute Gasteiger partial charge is 0.362 e. The molecule has 0 saturated carbocycles. The first kappa shape index (κ1) is 14.1. The number of ether oxygens (including phenoxy) is 1. The number of esters is 1. The van der Waals surface area contributed by atoms with Crippen molar-refractivity contribution in [3.8, 4) is 0 Å². The minimum Gasteiger partial charge on any atom is -0.461 e. The highest BCUT2D eigenvalue weighted by atomic mass is 16.5. The predicted molar refractivity (Wildman–Crippen MR) is 75.5 cm³/mol. The Kier molecular flexibility index (Phi) is 4.40. The summed E-state index contributed by atoms with van der Waals surface area (Å²) in [5, 5.41) is 0. The maximum absolute atomic E-state index is 11.6. The van der Waals surface area contributed by atoms with Crippen molar-refractivity contribution in [3.05, 3.63) is 47.0 Å². The predicted octanol–water partition coefficient (Wildman–Crippen LogP) is 2.53. The number of oxazole rings is 1. The van der Waals surface area contributed by atoms with Crippen molar-refractivity contribution >= 4 is 11.9 Å². The maximum Gasteiger partial charge on any atom is 0.362 e. The number of aryl methyl sites for hydroxylation is 3. The zero-order chi connectivity index (χ0) is 14.5. The molecule has 5 heteroatoms. The van der Waals surface area contributed by atoms with E-state index in [4.69, 9.17) is 14.9 Å². The Labute approximate surface area is 117 Å². The Morgan fingerprint density at radius 3 is 2.65 bits per heavy atom. The summed E-state index contributed by atoms with van der Waals surface area (Å²) in [6, 6.07) is 8.24. The van der Waals surface area contributed by atoms with Crippen LogP contribution in [0.15, 0.2) is 28.7 Å². The number of carbonyl (C=O) groups is 1. The summed E-state index contributed by atoms with van der Waals surface area (Å²) >= 11 is 0. The van der Waals surface area contributed by atoms with Gasteiger partial charge in [-0.05, 0) is 25.8 Å². The monoisotopic (exact) mass is 274 g/mol. The molecule has 2 aromatic rings. The third kappa shape index (κ3) is 3.38. The molecule has 0 amide bonds. The van der Waals surface area contributed by atoms with Crippen LogP contribution in [0.5, 0.6) is 0 Å². The molecule has 0 fully saturated rings. The highest BCUT2D eigenvalue weighted by Crippen LogP contribution is 2.16. The first-order valence-corrected chi connectivity index (χ1v) is 6.58. The van der Waals surface area contributed by atoms with Gasteiger partial charge in [0.1, 0.15) is 0 Å². The lowest BCUT2D eigenvalue weighted by Gasteiger charge is -1.99. The number of nitrogen functional groups attached to an aromatic ring is 1. The van der Waals surface area contributed by atoms with Crippen molar-refractivity contribution in [2.75, 3.05) is 12.3 Å². The maximum atomic E-state index is 11.6. The molecule has 0 spiro atoms. The molecule has 0 radical (unpaired) electrons. The summed E-state index contributed by atoms with van der Waals surface area (Å²) in [5.74, 6) is -0.0798. The molecule has 106 valence electrons. The van der Waals surface area contributed by atoms with Gasteiger partial charge in [-0.1, -0.05) is 29.8 Å². The van der Waals surface area contributed by atoms with Gasteiger partial charge < -0.3 is 14.9 Å². The summed E-state index contributed by atoms with van der Waals surface area (Å²) < 4.78 is 10.2. The van der Waals surface area contributed by atoms with E-state index in [2.05, 4.69) is 29.2 Å². The van der Waals surface area contributed by atoms with Gasteiger partial charge in [0, 0.05) is 6.42 Å². The highest BCUT2D eigenvalue weighted by molar-refractivity contribution is 5.91. The van der Waals surface area contributed by atoms with Gasteiger partial charge in [-0.15, -0.1) is 0 Å². The van der Waals surface area contributed by atoms with Crippen molar-refractivity contribution in [2.24, 2.45) is 0 Å². The van der Waals surface area contributed by atoms with Crippen LogP contribution in [0.4, 0.5) is 5.88 Å². The molecule has 2 rings (SSSR count). The molecule has 5 nitrogen and oxygen atoms in total. The quantitative estimate of drug-likeness (QED) is 0.848. The first-order valence-electron chi connectivity index (χ1n) is 6.58. The van der Waals surface area contributed by atoms with Crippen molar-refractivity contribution in [1.82, 2.24) is 4.98 Å². The Morgan fingerprint density at radius 2 is 2.00 bits per heavy atom. The van der Waals surface area contributed by atoms with E-state index in [1.54, 1.807) is 6.92 Å². The zero-order valence-electron chi connectivity index (χ0n) is 11.7. The molecule has 1 aromatic carbocycles. The second kappa shape index (κ2) is 6.23. The molecule has 0 bridgehead atoms. The number of nitrogens with zero attached hydrogens (tertiary/aromatic N) is 1. The van der Waals surface area contributed by atoms with Crippen molar-refractivity contribution < 1.29 is 13.9 Å². The third-order valence-electron chi connectivity index (χ3n) is 2.91. The van der Waals surface area contributed by atoms with Crippen LogP contribution in [0.3, 0.4) is 0 Å². The van der Waals surface area contributed by atoms with Crippen LogP contribution in [0.2, 0.25) is 0 Å². The number of aromatic nitrogens is 1. The summed E-state index contributed by atoms with van der Waals surface area (Å²) in [6.07, 6.45) is 1.37. The van der Waals surface area contributed by atoms with Crippen molar-refractivity contribution in [1.29, 1.82) is 0 Å². The minimum absolute atomic E-state index is 0.0161. The molecule has 0 aliphatic carbocycles. The summed E-state index contributed by atoms with van der Waals surface area (Å²) in [6.45, 7) is 4.06. The molecule has 0 unspecified atom stereocenters. The van der Waals surface area contributed by atoms with E-state index in [0.717, 1.165) is 6.42 Å². The normalized spacial score (nSPS) is 10.5. The number of rotatable bonds is 5. The fraction of sp³-hybridized carbons (Fsp3) is 0.333. The van der Waals surface area contributed by atoms with Crippen LogP contribution in [-0.4, -0.2) is 17.6 Å². The van der Waals surface area contributed by atoms with Gasteiger partial charge in [-0.3, -0.25) is 0 Å². The molecule has 0 saturated heterocycles. The third-order valence-corrected chi connectivity index (χ3v) is 2.91. The van der Waals surface area contributed by atoms with E-state index in [1.165, 1.54) is 11.1 Å². The fourth-order valence-corrected chi connectivity index (χ4v) is 1.84.